The monoisotopic (exact) mass is 266 g/mol. The second-order valence-electron chi connectivity index (χ2n) is 5.05. The molecule has 18 heavy (non-hydrogen) atoms. The molecule has 1 aliphatic carbocycles. The van der Waals surface area contributed by atoms with Crippen LogP contribution in [0.3, 0.4) is 0 Å². The zero-order valence-corrected chi connectivity index (χ0v) is 10.8. The van der Waals surface area contributed by atoms with Gasteiger partial charge in [-0.15, -0.1) is 0 Å². The fraction of sp³-hybridized carbons (Fsp3) is 0.917. The SMILES string of the molecule is CC(NC(C)C1CCCC1)C(=O)NCC(F)(F)F. The molecule has 106 valence electrons. The van der Waals surface area contributed by atoms with Crippen LogP contribution in [0.1, 0.15) is 39.5 Å². The van der Waals surface area contributed by atoms with Gasteiger partial charge in [0.15, 0.2) is 0 Å². The van der Waals surface area contributed by atoms with Crippen molar-refractivity contribution in [3.63, 3.8) is 0 Å². The van der Waals surface area contributed by atoms with Crippen molar-refractivity contribution in [3.8, 4) is 0 Å². The summed E-state index contributed by atoms with van der Waals surface area (Å²) in [7, 11) is 0. The average Bonchev–Trinajstić information content (AvgIpc) is 2.77. The van der Waals surface area contributed by atoms with Crippen LogP contribution in [0.4, 0.5) is 13.2 Å². The number of carbonyl (C=O) groups is 1. The van der Waals surface area contributed by atoms with Gasteiger partial charge in [-0.05, 0) is 32.6 Å². The molecule has 0 saturated heterocycles. The maximum atomic E-state index is 12.0. The van der Waals surface area contributed by atoms with Gasteiger partial charge in [0.25, 0.3) is 0 Å². The highest BCUT2D eigenvalue weighted by atomic mass is 19.4. The van der Waals surface area contributed by atoms with Crippen molar-refractivity contribution in [2.24, 2.45) is 5.92 Å². The molecule has 1 amide bonds. The molecule has 1 saturated carbocycles. The summed E-state index contributed by atoms with van der Waals surface area (Å²) in [6.07, 6.45) is 0.305. The Morgan fingerprint density at radius 1 is 1.28 bits per heavy atom. The second kappa shape index (κ2) is 6.41. The van der Waals surface area contributed by atoms with E-state index in [1.807, 2.05) is 12.2 Å². The van der Waals surface area contributed by atoms with Crippen LogP contribution in [-0.2, 0) is 4.79 Å². The van der Waals surface area contributed by atoms with Crippen LogP contribution in [0.15, 0.2) is 0 Å². The molecule has 3 nitrogen and oxygen atoms in total. The molecule has 2 unspecified atom stereocenters. The van der Waals surface area contributed by atoms with Crippen LogP contribution < -0.4 is 10.6 Å². The van der Waals surface area contributed by atoms with Gasteiger partial charge in [0, 0.05) is 6.04 Å². The molecule has 0 spiro atoms. The first-order valence-corrected chi connectivity index (χ1v) is 6.40. The Morgan fingerprint density at radius 3 is 2.33 bits per heavy atom. The molecule has 0 radical (unpaired) electrons. The third-order valence-electron chi connectivity index (χ3n) is 3.48. The fourth-order valence-electron chi connectivity index (χ4n) is 2.40. The summed E-state index contributed by atoms with van der Waals surface area (Å²) >= 11 is 0. The summed E-state index contributed by atoms with van der Waals surface area (Å²) in [5, 5.41) is 4.97. The molecular formula is C12H21F3N2O. The van der Waals surface area contributed by atoms with Gasteiger partial charge in [0.2, 0.25) is 5.91 Å². The molecule has 0 aliphatic heterocycles. The molecule has 2 atom stereocenters. The lowest BCUT2D eigenvalue weighted by atomic mass is 9.99. The zero-order chi connectivity index (χ0) is 13.8. The van der Waals surface area contributed by atoms with Crippen molar-refractivity contribution in [2.75, 3.05) is 6.54 Å². The minimum Gasteiger partial charge on any atom is -0.346 e. The van der Waals surface area contributed by atoms with Gasteiger partial charge in [0.1, 0.15) is 6.54 Å². The quantitative estimate of drug-likeness (QED) is 0.801. The van der Waals surface area contributed by atoms with E-state index in [4.69, 9.17) is 0 Å². The van der Waals surface area contributed by atoms with Gasteiger partial charge < -0.3 is 10.6 Å². The molecular weight excluding hydrogens is 245 g/mol. The first-order valence-electron chi connectivity index (χ1n) is 6.40. The molecule has 1 fully saturated rings. The highest BCUT2D eigenvalue weighted by Gasteiger charge is 2.29. The maximum absolute atomic E-state index is 12.0. The number of halogens is 3. The maximum Gasteiger partial charge on any atom is 0.405 e. The van der Waals surface area contributed by atoms with Crippen molar-refractivity contribution in [2.45, 2.75) is 57.8 Å². The molecule has 0 aromatic heterocycles. The topological polar surface area (TPSA) is 41.1 Å². The number of rotatable bonds is 5. The number of carbonyl (C=O) groups excluding carboxylic acids is 1. The number of hydrogen-bond acceptors (Lipinski definition) is 2. The highest BCUT2D eigenvalue weighted by Crippen LogP contribution is 2.27. The first-order chi connectivity index (χ1) is 8.29. The van der Waals surface area contributed by atoms with Crippen molar-refractivity contribution >= 4 is 5.91 Å². The number of nitrogens with one attached hydrogen (secondary N) is 2. The standard InChI is InChI=1S/C12H21F3N2O/c1-8(10-5-3-4-6-10)17-9(2)11(18)16-7-12(13,14)15/h8-10,17H,3-7H2,1-2H3,(H,16,18). The van der Waals surface area contributed by atoms with Crippen LogP contribution in [0.5, 0.6) is 0 Å². The van der Waals surface area contributed by atoms with Gasteiger partial charge in [-0.25, -0.2) is 0 Å². The Balaban J connectivity index is 2.30. The first kappa shape index (κ1) is 15.3. The van der Waals surface area contributed by atoms with Gasteiger partial charge in [-0.1, -0.05) is 12.8 Å². The lowest BCUT2D eigenvalue weighted by Crippen LogP contribution is -2.49. The van der Waals surface area contributed by atoms with E-state index in [-0.39, 0.29) is 6.04 Å². The van der Waals surface area contributed by atoms with E-state index in [0.29, 0.717) is 5.92 Å². The Hall–Kier alpha value is -0.780. The summed E-state index contributed by atoms with van der Waals surface area (Å²) in [5.74, 6) is -0.0694. The molecule has 2 N–H and O–H groups in total. The molecule has 1 rings (SSSR count). The number of hydrogen-bond donors (Lipinski definition) is 2. The van der Waals surface area contributed by atoms with E-state index >= 15 is 0 Å². The predicted molar refractivity (Wildman–Crippen MR) is 63.1 cm³/mol. The number of amides is 1. The van der Waals surface area contributed by atoms with E-state index in [2.05, 4.69) is 5.32 Å². The normalized spacial score (nSPS) is 20.7. The smallest absolute Gasteiger partial charge is 0.346 e. The van der Waals surface area contributed by atoms with Crippen LogP contribution in [0, 0.1) is 5.92 Å². The summed E-state index contributed by atoms with van der Waals surface area (Å²) in [5.41, 5.74) is 0. The minimum absolute atomic E-state index is 0.166. The minimum atomic E-state index is -4.35. The zero-order valence-electron chi connectivity index (χ0n) is 10.8. The summed E-state index contributed by atoms with van der Waals surface area (Å²) < 4.78 is 35.9. The Kier molecular flexibility index (Phi) is 5.44. The van der Waals surface area contributed by atoms with Crippen LogP contribution in [-0.4, -0.2) is 30.7 Å². The Labute approximate surface area is 106 Å². The van der Waals surface area contributed by atoms with Crippen LogP contribution in [0.25, 0.3) is 0 Å². The summed E-state index contributed by atoms with van der Waals surface area (Å²) in [4.78, 5) is 11.5. The Bertz CT molecular complexity index is 275. The van der Waals surface area contributed by atoms with Crippen LogP contribution >= 0.6 is 0 Å². The number of alkyl halides is 3. The van der Waals surface area contributed by atoms with E-state index in [9.17, 15) is 18.0 Å². The predicted octanol–water partition coefficient (Wildman–Crippen LogP) is 2.22. The molecule has 0 aromatic carbocycles. The average molecular weight is 266 g/mol. The van der Waals surface area contributed by atoms with E-state index < -0.39 is 24.7 Å². The third-order valence-corrected chi connectivity index (χ3v) is 3.48. The van der Waals surface area contributed by atoms with E-state index in [0.717, 1.165) is 12.8 Å². The van der Waals surface area contributed by atoms with Gasteiger partial charge in [-0.2, -0.15) is 13.2 Å². The second-order valence-corrected chi connectivity index (χ2v) is 5.05. The summed E-state index contributed by atoms with van der Waals surface area (Å²) in [6, 6.07) is -0.429. The largest absolute Gasteiger partial charge is 0.405 e. The van der Waals surface area contributed by atoms with E-state index in [1.165, 1.54) is 12.8 Å². The van der Waals surface area contributed by atoms with Crippen molar-refractivity contribution in [3.05, 3.63) is 0 Å². The van der Waals surface area contributed by atoms with Crippen LogP contribution in [0.2, 0.25) is 0 Å². The molecule has 0 heterocycles. The molecule has 0 bridgehead atoms. The Morgan fingerprint density at radius 2 is 1.83 bits per heavy atom. The lowest BCUT2D eigenvalue weighted by Gasteiger charge is -2.24. The van der Waals surface area contributed by atoms with Gasteiger partial charge in [-0.3, -0.25) is 4.79 Å². The fourth-order valence-corrected chi connectivity index (χ4v) is 2.40. The lowest BCUT2D eigenvalue weighted by molar-refractivity contribution is -0.139. The highest BCUT2D eigenvalue weighted by molar-refractivity contribution is 5.81. The third kappa shape index (κ3) is 5.25. The molecule has 0 aromatic rings. The molecule has 6 heteroatoms. The van der Waals surface area contributed by atoms with Crippen molar-refractivity contribution < 1.29 is 18.0 Å². The molecule has 1 aliphatic rings. The van der Waals surface area contributed by atoms with Gasteiger partial charge in [0.05, 0.1) is 6.04 Å². The van der Waals surface area contributed by atoms with E-state index in [1.54, 1.807) is 6.92 Å². The summed E-state index contributed by atoms with van der Waals surface area (Å²) in [6.45, 7) is 2.32. The van der Waals surface area contributed by atoms with Crippen molar-refractivity contribution in [1.29, 1.82) is 0 Å². The van der Waals surface area contributed by atoms with Crippen molar-refractivity contribution in [1.82, 2.24) is 10.6 Å². The van der Waals surface area contributed by atoms with Gasteiger partial charge >= 0.3 is 6.18 Å².